The van der Waals surface area contributed by atoms with Crippen LogP contribution in [0.2, 0.25) is 0 Å². The highest BCUT2D eigenvalue weighted by atomic mass is 32.2. The Labute approximate surface area is 108 Å². The third-order valence-electron chi connectivity index (χ3n) is 3.57. The van der Waals surface area contributed by atoms with Gasteiger partial charge in [0, 0.05) is 6.42 Å². The Balaban J connectivity index is 1.92. The summed E-state index contributed by atoms with van der Waals surface area (Å²) < 4.78 is 28.3. The molecule has 0 spiro atoms. The molecule has 0 aliphatic carbocycles. The number of hydrogen-bond donors (Lipinski definition) is 1. The van der Waals surface area contributed by atoms with Crippen molar-refractivity contribution < 1.29 is 12.8 Å². The van der Waals surface area contributed by atoms with Gasteiger partial charge in [-0.15, -0.1) is 0 Å². The lowest BCUT2D eigenvalue weighted by Crippen LogP contribution is -2.24. The van der Waals surface area contributed by atoms with Crippen molar-refractivity contribution in [2.75, 3.05) is 18.6 Å². The van der Waals surface area contributed by atoms with Gasteiger partial charge in [0.05, 0.1) is 23.7 Å². The Morgan fingerprint density at radius 3 is 2.78 bits per heavy atom. The third kappa shape index (κ3) is 3.32. The first-order valence-electron chi connectivity index (χ1n) is 6.32. The molecule has 1 aromatic rings. The molecule has 5 nitrogen and oxygen atoms in total. The highest BCUT2D eigenvalue weighted by Crippen LogP contribution is 2.23. The molecule has 1 saturated heterocycles. The van der Waals surface area contributed by atoms with Crippen LogP contribution in [-0.2, 0) is 16.3 Å². The van der Waals surface area contributed by atoms with Gasteiger partial charge in [-0.3, -0.25) is 0 Å². The molecule has 102 valence electrons. The Kier molecular flexibility index (Phi) is 4.07. The van der Waals surface area contributed by atoms with Crippen LogP contribution in [0.15, 0.2) is 10.6 Å². The van der Waals surface area contributed by atoms with Gasteiger partial charge in [-0.05, 0) is 32.7 Å². The zero-order valence-corrected chi connectivity index (χ0v) is 11.7. The third-order valence-corrected chi connectivity index (χ3v) is 5.28. The summed E-state index contributed by atoms with van der Waals surface area (Å²) in [7, 11) is -0.907. The molecule has 1 aliphatic rings. The van der Waals surface area contributed by atoms with Crippen molar-refractivity contribution in [1.29, 1.82) is 0 Å². The number of rotatable bonds is 4. The van der Waals surface area contributed by atoms with Gasteiger partial charge in [0.15, 0.2) is 5.89 Å². The van der Waals surface area contributed by atoms with Gasteiger partial charge in [0.1, 0.15) is 15.6 Å². The van der Waals surface area contributed by atoms with Crippen molar-refractivity contribution in [2.24, 2.45) is 5.92 Å². The summed E-state index contributed by atoms with van der Waals surface area (Å²) in [5.41, 5.74) is 0. The molecule has 0 aromatic carbocycles. The van der Waals surface area contributed by atoms with Crippen LogP contribution < -0.4 is 5.32 Å². The molecule has 1 aromatic heterocycles. The van der Waals surface area contributed by atoms with E-state index < -0.39 is 9.84 Å². The summed E-state index contributed by atoms with van der Waals surface area (Å²) in [5, 5.41) is 3.10. The van der Waals surface area contributed by atoms with E-state index >= 15 is 0 Å². The maximum atomic E-state index is 11.3. The van der Waals surface area contributed by atoms with Gasteiger partial charge in [-0.1, -0.05) is 0 Å². The SMILES string of the molecule is CNC(C)c1cnc(CC2CCS(=O)(=O)CC2)o1. The lowest BCUT2D eigenvalue weighted by Gasteiger charge is -2.20. The van der Waals surface area contributed by atoms with E-state index in [9.17, 15) is 8.42 Å². The normalized spacial score (nSPS) is 21.9. The van der Waals surface area contributed by atoms with Gasteiger partial charge in [-0.2, -0.15) is 0 Å². The molecule has 0 saturated carbocycles. The van der Waals surface area contributed by atoms with Crippen molar-refractivity contribution in [1.82, 2.24) is 10.3 Å². The number of oxazole rings is 1. The smallest absolute Gasteiger partial charge is 0.194 e. The molecule has 0 radical (unpaired) electrons. The second kappa shape index (κ2) is 5.40. The van der Waals surface area contributed by atoms with Crippen molar-refractivity contribution in [3.05, 3.63) is 17.8 Å². The number of sulfone groups is 1. The first-order valence-corrected chi connectivity index (χ1v) is 8.14. The number of nitrogens with zero attached hydrogens (tertiary/aromatic N) is 1. The van der Waals surface area contributed by atoms with Crippen LogP contribution >= 0.6 is 0 Å². The molecule has 0 bridgehead atoms. The molecule has 1 fully saturated rings. The molecule has 2 rings (SSSR count). The van der Waals surface area contributed by atoms with Crippen LogP contribution in [0, 0.1) is 5.92 Å². The van der Waals surface area contributed by atoms with Crippen molar-refractivity contribution in [3.63, 3.8) is 0 Å². The minimum atomic E-state index is -2.78. The molecule has 2 heterocycles. The summed E-state index contributed by atoms with van der Waals surface area (Å²) in [6.45, 7) is 2.01. The van der Waals surface area contributed by atoms with Gasteiger partial charge < -0.3 is 9.73 Å². The highest BCUT2D eigenvalue weighted by Gasteiger charge is 2.25. The van der Waals surface area contributed by atoms with Gasteiger partial charge in [0.2, 0.25) is 0 Å². The molecule has 1 atom stereocenters. The summed E-state index contributed by atoms with van der Waals surface area (Å²) in [6.07, 6.45) is 3.94. The summed E-state index contributed by atoms with van der Waals surface area (Å²) in [6, 6.07) is 0.151. The topological polar surface area (TPSA) is 72.2 Å². The van der Waals surface area contributed by atoms with E-state index in [2.05, 4.69) is 10.3 Å². The van der Waals surface area contributed by atoms with Gasteiger partial charge >= 0.3 is 0 Å². The Morgan fingerprint density at radius 1 is 1.50 bits per heavy atom. The van der Waals surface area contributed by atoms with Gasteiger partial charge in [0.25, 0.3) is 0 Å². The van der Waals surface area contributed by atoms with E-state index in [0.717, 1.165) is 30.9 Å². The molecule has 1 aliphatic heterocycles. The molecule has 6 heteroatoms. The zero-order valence-electron chi connectivity index (χ0n) is 10.8. The maximum absolute atomic E-state index is 11.3. The monoisotopic (exact) mass is 272 g/mol. The lowest BCUT2D eigenvalue weighted by molar-refractivity contribution is 0.369. The molecule has 1 N–H and O–H groups in total. The van der Waals surface area contributed by atoms with Crippen LogP contribution in [0.5, 0.6) is 0 Å². The van der Waals surface area contributed by atoms with E-state index in [1.807, 2.05) is 14.0 Å². The van der Waals surface area contributed by atoms with E-state index in [1.54, 1.807) is 6.20 Å². The van der Waals surface area contributed by atoms with E-state index in [-0.39, 0.29) is 6.04 Å². The molecular weight excluding hydrogens is 252 g/mol. The number of aromatic nitrogens is 1. The molecule has 1 unspecified atom stereocenters. The fourth-order valence-corrected chi connectivity index (χ4v) is 3.74. The van der Waals surface area contributed by atoms with E-state index in [0.29, 0.717) is 17.4 Å². The largest absolute Gasteiger partial charge is 0.444 e. The number of nitrogens with one attached hydrogen (secondary N) is 1. The zero-order chi connectivity index (χ0) is 13.2. The van der Waals surface area contributed by atoms with Crippen LogP contribution in [-0.4, -0.2) is 32.0 Å². The number of hydrogen-bond acceptors (Lipinski definition) is 5. The van der Waals surface area contributed by atoms with E-state index in [1.165, 1.54) is 0 Å². The fourth-order valence-electron chi connectivity index (χ4n) is 2.15. The molecule has 18 heavy (non-hydrogen) atoms. The van der Waals surface area contributed by atoms with Crippen LogP contribution in [0.4, 0.5) is 0 Å². The summed E-state index contributed by atoms with van der Waals surface area (Å²) >= 11 is 0. The maximum Gasteiger partial charge on any atom is 0.194 e. The first kappa shape index (κ1) is 13.5. The second-order valence-electron chi connectivity index (χ2n) is 4.97. The summed E-state index contributed by atoms with van der Waals surface area (Å²) in [5.74, 6) is 2.54. The van der Waals surface area contributed by atoms with Crippen LogP contribution in [0.3, 0.4) is 0 Å². The minimum absolute atomic E-state index is 0.151. The Bertz CT molecular complexity index is 481. The van der Waals surface area contributed by atoms with Crippen molar-refractivity contribution in [3.8, 4) is 0 Å². The first-order chi connectivity index (χ1) is 8.50. The van der Waals surface area contributed by atoms with E-state index in [4.69, 9.17) is 4.42 Å². The van der Waals surface area contributed by atoms with Gasteiger partial charge in [-0.25, -0.2) is 13.4 Å². The standard InChI is InChI=1S/C12H20N2O3S/c1-9(13-2)11-8-14-12(17-11)7-10-3-5-18(15,16)6-4-10/h8-10,13H,3-7H2,1-2H3. The fraction of sp³-hybridized carbons (Fsp3) is 0.750. The summed E-state index contributed by atoms with van der Waals surface area (Å²) in [4.78, 5) is 4.26. The Morgan fingerprint density at radius 2 is 2.17 bits per heavy atom. The van der Waals surface area contributed by atoms with Crippen molar-refractivity contribution >= 4 is 9.84 Å². The second-order valence-corrected chi connectivity index (χ2v) is 7.27. The highest BCUT2D eigenvalue weighted by molar-refractivity contribution is 7.91. The van der Waals surface area contributed by atoms with Crippen LogP contribution in [0.25, 0.3) is 0 Å². The van der Waals surface area contributed by atoms with Crippen molar-refractivity contribution in [2.45, 2.75) is 32.2 Å². The quantitative estimate of drug-likeness (QED) is 0.895. The average Bonchev–Trinajstić information content (AvgIpc) is 2.79. The van der Waals surface area contributed by atoms with Crippen LogP contribution in [0.1, 0.15) is 37.5 Å². The Hall–Kier alpha value is -0.880. The average molecular weight is 272 g/mol. The predicted octanol–water partition coefficient (Wildman–Crippen LogP) is 1.32. The molecular formula is C12H20N2O3S. The molecule has 0 amide bonds. The predicted molar refractivity (Wildman–Crippen MR) is 69.1 cm³/mol. The lowest BCUT2D eigenvalue weighted by atomic mass is 9.99. The minimum Gasteiger partial charge on any atom is -0.444 e.